The lowest BCUT2D eigenvalue weighted by atomic mass is 9.99. The van der Waals surface area contributed by atoms with Crippen LogP contribution in [0.2, 0.25) is 0 Å². The van der Waals surface area contributed by atoms with Gasteiger partial charge in [-0.2, -0.15) is 0 Å². The van der Waals surface area contributed by atoms with Gasteiger partial charge in [0.05, 0.1) is 5.56 Å². The molecule has 20 heavy (non-hydrogen) atoms. The van der Waals surface area contributed by atoms with Crippen LogP contribution < -0.4 is 0 Å². The Morgan fingerprint density at radius 2 is 2.00 bits per heavy atom. The number of hydrogen-bond acceptors (Lipinski definition) is 4. The lowest BCUT2D eigenvalue weighted by Crippen LogP contribution is -2.56. The van der Waals surface area contributed by atoms with Crippen LogP contribution in [0.5, 0.6) is 11.5 Å². The second kappa shape index (κ2) is 5.32. The molecule has 2 N–H and O–H groups in total. The zero-order valence-corrected chi connectivity index (χ0v) is 11.5. The number of fused-ring (bicyclic) bond motifs is 1. The van der Waals surface area contributed by atoms with Crippen molar-refractivity contribution in [1.82, 2.24) is 9.80 Å². The van der Waals surface area contributed by atoms with E-state index in [1.165, 1.54) is 31.0 Å². The molecule has 0 aromatic heterocycles. The van der Waals surface area contributed by atoms with Gasteiger partial charge in [0.15, 0.2) is 0 Å². The number of phenolic OH excluding ortho intramolecular Hbond substituents is 2. The molecule has 2 heterocycles. The van der Waals surface area contributed by atoms with Gasteiger partial charge in [-0.25, -0.2) is 0 Å². The zero-order valence-electron chi connectivity index (χ0n) is 11.5. The van der Waals surface area contributed by atoms with E-state index in [1.807, 2.05) is 0 Å². The summed E-state index contributed by atoms with van der Waals surface area (Å²) in [5.41, 5.74) is 0.189. The molecule has 2 aliphatic heterocycles. The predicted octanol–water partition coefficient (Wildman–Crippen LogP) is 1.41. The highest BCUT2D eigenvalue weighted by Gasteiger charge is 2.32. The summed E-state index contributed by atoms with van der Waals surface area (Å²) in [7, 11) is 0. The topological polar surface area (TPSA) is 64.0 Å². The van der Waals surface area contributed by atoms with Gasteiger partial charge < -0.3 is 15.1 Å². The third-order valence-electron chi connectivity index (χ3n) is 4.34. The Labute approximate surface area is 118 Å². The molecular formula is C15H20N2O3. The highest BCUT2D eigenvalue weighted by molar-refractivity contribution is 5.97. The van der Waals surface area contributed by atoms with Crippen LogP contribution >= 0.6 is 0 Å². The number of nitrogens with zero attached hydrogens (tertiary/aromatic N) is 2. The molecule has 108 valence electrons. The van der Waals surface area contributed by atoms with Crippen LogP contribution in [0.3, 0.4) is 0 Å². The molecule has 0 spiro atoms. The van der Waals surface area contributed by atoms with Crippen LogP contribution in [-0.2, 0) is 0 Å². The quantitative estimate of drug-likeness (QED) is 0.761. The maximum absolute atomic E-state index is 12.5. The first kappa shape index (κ1) is 13.2. The Bertz CT molecular complexity index is 518. The molecule has 1 atom stereocenters. The first-order valence-electron chi connectivity index (χ1n) is 7.20. The Hall–Kier alpha value is -1.75. The monoisotopic (exact) mass is 276 g/mol. The van der Waals surface area contributed by atoms with Crippen molar-refractivity contribution in [3.05, 3.63) is 23.8 Å². The Morgan fingerprint density at radius 3 is 2.85 bits per heavy atom. The van der Waals surface area contributed by atoms with E-state index >= 15 is 0 Å². The van der Waals surface area contributed by atoms with E-state index in [1.54, 1.807) is 4.90 Å². The van der Waals surface area contributed by atoms with E-state index < -0.39 is 0 Å². The fourth-order valence-corrected chi connectivity index (χ4v) is 3.21. The van der Waals surface area contributed by atoms with Crippen molar-refractivity contribution in [1.29, 1.82) is 0 Å². The van der Waals surface area contributed by atoms with Gasteiger partial charge in [-0.3, -0.25) is 9.69 Å². The molecule has 5 heteroatoms. The number of amides is 1. The van der Waals surface area contributed by atoms with Gasteiger partial charge in [0.2, 0.25) is 0 Å². The largest absolute Gasteiger partial charge is 0.508 e. The van der Waals surface area contributed by atoms with Crippen LogP contribution in [0, 0.1) is 0 Å². The minimum absolute atomic E-state index is 0.00227. The average molecular weight is 276 g/mol. The number of aromatic hydroxyl groups is 2. The molecular weight excluding hydrogens is 256 g/mol. The van der Waals surface area contributed by atoms with Gasteiger partial charge in [-0.05, 0) is 37.6 Å². The summed E-state index contributed by atoms with van der Waals surface area (Å²) in [4.78, 5) is 16.7. The normalized spacial score (nSPS) is 23.4. The van der Waals surface area contributed by atoms with Crippen molar-refractivity contribution < 1.29 is 15.0 Å². The third kappa shape index (κ3) is 2.45. The van der Waals surface area contributed by atoms with Crippen molar-refractivity contribution in [2.45, 2.75) is 25.3 Å². The number of benzene rings is 1. The summed E-state index contributed by atoms with van der Waals surface area (Å²) in [6.07, 6.45) is 3.61. The Balaban J connectivity index is 1.76. The number of carbonyl (C=O) groups excluding carboxylic acids is 1. The molecule has 2 fully saturated rings. The molecule has 0 radical (unpaired) electrons. The molecule has 5 nitrogen and oxygen atoms in total. The maximum atomic E-state index is 12.5. The van der Waals surface area contributed by atoms with E-state index in [-0.39, 0.29) is 23.0 Å². The van der Waals surface area contributed by atoms with Gasteiger partial charge in [0, 0.05) is 25.7 Å². The summed E-state index contributed by atoms with van der Waals surface area (Å²) >= 11 is 0. The molecule has 1 aromatic rings. The lowest BCUT2D eigenvalue weighted by molar-refractivity contribution is 0.0370. The fraction of sp³-hybridized carbons (Fsp3) is 0.533. The summed E-state index contributed by atoms with van der Waals surface area (Å²) in [5, 5.41) is 19.3. The van der Waals surface area contributed by atoms with Crippen molar-refractivity contribution in [3.63, 3.8) is 0 Å². The second-order valence-electron chi connectivity index (χ2n) is 5.64. The number of rotatable bonds is 1. The molecule has 0 aliphatic carbocycles. The number of piperidine rings is 1. The van der Waals surface area contributed by atoms with E-state index in [0.717, 1.165) is 19.5 Å². The third-order valence-corrected chi connectivity index (χ3v) is 4.34. The van der Waals surface area contributed by atoms with E-state index in [4.69, 9.17) is 0 Å². The van der Waals surface area contributed by atoms with Gasteiger partial charge in [0.25, 0.3) is 5.91 Å². The number of carbonyl (C=O) groups is 1. The van der Waals surface area contributed by atoms with Gasteiger partial charge in [-0.1, -0.05) is 6.42 Å². The molecule has 1 unspecified atom stereocenters. The lowest BCUT2D eigenvalue weighted by Gasteiger charge is -2.44. The minimum Gasteiger partial charge on any atom is -0.508 e. The van der Waals surface area contributed by atoms with Crippen LogP contribution in [0.4, 0.5) is 0 Å². The zero-order chi connectivity index (χ0) is 14.1. The van der Waals surface area contributed by atoms with Crippen molar-refractivity contribution in [2.75, 3.05) is 26.2 Å². The van der Waals surface area contributed by atoms with Crippen molar-refractivity contribution in [3.8, 4) is 11.5 Å². The van der Waals surface area contributed by atoms with Gasteiger partial charge in [0.1, 0.15) is 11.5 Å². The predicted molar refractivity (Wildman–Crippen MR) is 74.9 cm³/mol. The first-order valence-corrected chi connectivity index (χ1v) is 7.20. The molecule has 3 rings (SSSR count). The van der Waals surface area contributed by atoms with E-state index in [2.05, 4.69) is 4.90 Å². The minimum atomic E-state index is -0.191. The molecule has 0 saturated carbocycles. The van der Waals surface area contributed by atoms with Gasteiger partial charge in [-0.15, -0.1) is 0 Å². The summed E-state index contributed by atoms with van der Waals surface area (Å²) in [5.74, 6) is -0.259. The van der Waals surface area contributed by atoms with Crippen molar-refractivity contribution >= 4 is 5.91 Å². The number of phenols is 2. The summed E-state index contributed by atoms with van der Waals surface area (Å²) in [6, 6.07) is 4.52. The SMILES string of the molecule is O=C(c1cc(O)ccc1O)N1CCN2CCCCC2C1. The van der Waals surface area contributed by atoms with Crippen LogP contribution in [0.25, 0.3) is 0 Å². The highest BCUT2D eigenvalue weighted by Crippen LogP contribution is 2.26. The van der Waals surface area contributed by atoms with Crippen LogP contribution in [-0.4, -0.2) is 58.1 Å². The summed E-state index contributed by atoms with van der Waals surface area (Å²) in [6.45, 7) is 3.43. The number of piperazine rings is 1. The van der Waals surface area contributed by atoms with Gasteiger partial charge >= 0.3 is 0 Å². The maximum Gasteiger partial charge on any atom is 0.257 e. The molecule has 1 aromatic carbocycles. The number of hydrogen-bond donors (Lipinski definition) is 2. The fourth-order valence-electron chi connectivity index (χ4n) is 3.21. The van der Waals surface area contributed by atoms with Crippen LogP contribution in [0.15, 0.2) is 18.2 Å². The van der Waals surface area contributed by atoms with E-state index in [9.17, 15) is 15.0 Å². The molecule has 0 bridgehead atoms. The molecule has 1 amide bonds. The summed E-state index contributed by atoms with van der Waals surface area (Å²) < 4.78 is 0. The Morgan fingerprint density at radius 1 is 1.15 bits per heavy atom. The molecule has 2 saturated heterocycles. The average Bonchev–Trinajstić information content (AvgIpc) is 2.48. The smallest absolute Gasteiger partial charge is 0.257 e. The van der Waals surface area contributed by atoms with Crippen LogP contribution in [0.1, 0.15) is 29.6 Å². The van der Waals surface area contributed by atoms with E-state index in [0.29, 0.717) is 19.1 Å². The van der Waals surface area contributed by atoms with Crippen molar-refractivity contribution in [2.24, 2.45) is 0 Å². The Kier molecular flexibility index (Phi) is 3.53. The second-order valence-corrected chi connectivity index (χ2v) is 5.64. The first-order chi connectivity index (χ1) is 9.65. The highest BCUT2D eigenvalue weighted by atomic mass is 16.3. The molecule has 2 aliphatic rings. The standard InChI is InChI=1S/C15H20N2O3/c18-12-4-5-14(19)13(9-12)15(20)17-8-7-16-6-2-1-3-11(16)10-17/h4-5,9,11,18-19H,1-3,6-8,10H2.